The van der Waals surface area contributed by atoms with E-state index in [1.807, 2.05) is 0 Å². The topological polar surface area (TPSA) is 17.8 Å². The zero-order valence-electron chi connectivity index (χ0n) is 13.8. The molecular formula is C19H30N2. The number of nitrogens with zero attached hydrogens (tertiary/aromatic N) is 2. The van der Waals surface area contributed by atoms with Crippen molar-refractivity contribution in [3.05, 3.63) is 30.1 Å². The molecule has 21 heavy (non-hydrogen) atoms. The molecule has 0 bridgehead atoms. The van der Waals surface area contributed by atoms with Crippen LogP contribution >= 0.6 is 0 Å². The third-order valence-corrected chi connectivity index (χ3v) is 4.38. The predicted molar refractivity (Wildman–Crippen MR) is 91.6 cm³/mol. The van der Waals surface area contributed by atoms with Gasteiger partial charge in [-0.25, -0.2) is 4.98 Å². The second-order valence-electron chi connectivity index (χ2n) is 6.15. The molecule has 2 nitrogen and oxygen atoms in total. The van der Waals surface area contributed by atoms with Crippen LogP contribution in [0.25, 0.3) is 11.0 Å². The lowest BCUT2D eigenvalue weighted by atomic mass is 10.1. The summed E-state index contributed by atoms with van der Waals surface area (Å²) < 4.78 is 2.25. The van der Waals surface area contributed by atoms with E-state index in [9.17, 15) is 0 Å². The third kappa shape index (κ3) is 4.87. The number of rotatable bonds is 10. The van der Waals surface area contributed by atoms with Gasteiger partial charge in [-0.15, -0.1) is 0 Å². The Bertz CT molecular complexity index is 527. The molecule has 1 heterocycles. The number of hydrogen-bond acceptors (Lipinski definition) is 1. The standard InChI is InChI=1S/C19H30N2/c1-3-4-5-6-7-8-9-10-11-16-19-20-17-14-12-13-15-18(17)21(19)2/h12-15H,3-11,16H2,1-2H3. The molecular weight excluding hydrogens is 256 g/mol. The van der Waals surface area contributed by atoms with Crippen LogP contribution in [0.4, 0.5) is 0 Å². The minimum Gasteiger partial charge on any atom is -0.331 e. The number of aromatic nitrogens is 2. The molecule has 0 atom stereocenters. The summed E-state index contributed by atoms with van der Waals surface area (Å²) in [6, 6.07) is 8.42. The highest BCUT2D eigenvalue weighted by atomic mass is 15.1. The highest BCUT2D eigenvalue weighted by Crippen LogP contribution is 2.16. The summed E-state index contributed by atoms with van der Waals surface area (Å²) in [7, 11) is 2.14. The molecule has 0 N–H and O–H groups in total. The molecule has 0 fully saturated rings. The minimum atomic E-state index is 1.11. The molecule has 2 heteroatoms. The molecule has 0 aliphatic heterocycles. The van der Waals surface area contributed by atoms with E-state index >= 15 is 0 Å². The Morgan fingerprint density at radius 3 is 2.14 bits per heavy atom. The van der Waals surface area contributed by atoms with Crippen molar-refractivity contribution in [2.24, 2.45) is 7.05 Å². The molecule has 2 aromatic rings. The molecule has 1 aromatic carbocycles. The van der Waals surface area contributed by atoms with E-state index in [1.165, 1.54) is 69.1 Å². The lowest BCUT2D eigenvalue weighted by Crippen LogP contribution is -1.97. The molecule has 0 amide bonds. The molecule has 0 radical (unpaired) electrons. The average Bonchev–Trinajstić information content (AvgIpc) is 2.83. The molecule has 0 saturated carbocycles. The van der Waals surface area contributed by atoms with Crippen LogP contribution in [0.1, 0.15) is 70.5 Å². The van der Waals surface area contributed by atoms with Gasteiger partial charge in [0.2, 0.25) is 0 Å². The fourth-order valence-corrected chi connectivity index (χ4v) is 3.01. The maximum absolute atomic E-state index is 4.74. The number of aryl methyl sites for hydroxylation is 2. The van der Waals surface area contributed by atoms with Crippen LogP contribution in [0, 0.1) is 0 Å². The van der Waals surface area contributed by atoms with Crippen LogP contribution in [0.15, 0.2) is 24.3 Å². The number of benzene rings is 1. The summed E-state index contributed by atoms with van der Waals surface area (Å²) >= 11 is 0. The molecule has 116 valence electrons. The molecule has 0 spiro atoms. The lowest BCUT2D eigenvalue weighted by Gasteiger charge is -2.03. The van der Waals surface area contributed by atoms with Crippen LogP contribution in [0.2, 0.25) is 0 Å². The Labute approximate surface area is 129 Å². The molecule has 0 aliphatic carbocycles. The van der Waals surface area contributed by atoms with Crippen LogP contribution < -0.4 is 0 Å². The number of imidazole rings is 1. The Morgan fingerprint density at radius 1 is 0.857 bits per heavy atom. The number of para-hydroxylation sites is 2. The normalized spacial score (nSPS) is 11.3. The maximum atomic E-state index is 4.74. The Morgan fingerprint density at radius 2 is 1.48 bits per heavy atom. The van der Waals surface area contributed by atoms with Crippen LogP contribution in [0.3, 0.4) is 0 Å². The summed E-state index contributed by atoms with van der Waals surface area (Å²) in [6.07, 6.45) is 13.6. The summed E-state index contributed by atoms with van der Waals surface area (Å²) in [5, 5.41) is 0. The smallest absolute Gasteiger partial charge is 0.109 e. The van der Waals surface area contributed by atoms with Gasteiger partial charge in [-0.3, -0.25) is 0 Å². The van der Waals surface area contributed by atoms with E-state index in [4.69, 9.17) is 4.98 Å². The summed E-state index contributed by atoms with van der Waals surface area (Å²) in [6.45, 7) is 2.28. The molecule has 1 aromatic heterocycles. The van der Waals surface area contributed by atoms with Gasteiger partial charge in [0, 0.05) is 13.5 Å². The average molecular weight is 286 g/mol. The zero-order chi connectivity index (χ0) is 14.9. The van der Waals surface area contributed by atoms with Crippen molar-refractivity contribution < 1.29 is 0 Å². The van der Waals surface area contributed by atoms with Gasteiger partial charge in [-0.2, -0.15) is 0 Å². The first-order valence-corrected chi connectivity index (χ1v) is 8.73. The molecule has 0 unspecified atom stereocenters. The number of fused-ring (bicyclic) bond motifs is 1. The van der Waals surface area contributed by atoms with Crippen molar-refractivity contribution in [3.8, 4) is 0 Å². The van der Waals surface area contributed by atoms with Crippen molar-refractivity contribution in [1.29, 1.82) is 0 Å². The largest absolute Gasteiger partial charge is 0.331 e. The van der Waals surface area contributed by atoms with Crippen molar-refractivity contribution >= 4 is 11.0 Å². The van der Waals surface area contributed by atoms with E-state index in [-0.39, 0.29) is 0 Å². The molecule has 2 rings (SSSR count). The maximum Gasteiger partial charge on any atom is 0.109 e. The minimum absolute atomic E-state index is 1.11. The Balaban J connectivity index is 1.63. The summed E-state index contributed by atoms with van der Waals surface area (Å²) in [5.41, 5.74) is 2.38. The highest BCUT2D eigenvalue weighted by Gasteiger charge is 2.06. The van der Waals surface area contributed by atoms with Crippen molar-refractivity contribution in [1.82, 2.24) is 9.55 Å². The molecule has 0 saturated heterocycles. The van der Waals surface area contributed by atoms with Crippen LogP contribution in [0.5, 0.6) is 0 Å². The van der Waals surface area contributed by atoms with Crippen molar-refractivity contribution in [3.63, 3.8) is 0 Å². The van der Waals surface area contributed by atoms with Gasteiger partial charge in [-0.05, 0) is 18.6 Å². The van der Waals surface area contributed by atoms with Gasteiger partial charge < -0.3 is 4.57 Å². The number of hydrogen-bond donors (Lipinski definition) is 0. The second kappa shape index (κ2) is 8.86. The van der Waals surface area contributed by atoms with E-state index in [0.29, 0.717) is 0 Å². The van der Waals surface area contributed by atoms with E-state index < -0.39 is 0 Å². The lowest BCUT2D eigenvalue weighted by molar-refractivity contribution is 0.560. The van der Waals surface area contributed by atoms with Gasteiger partial charge in [0.1, 0.15) is 5.82 Å². The second-order valence-corrected chi connectivity index (χ2v) is 6.15. The van der Waals surface area contributed by atoms with E-state index in [1.54, 1.807) is 0 Å². The first-order valence-electron chi connectivity index (χ1n) is 8.73. The monoisotopic (exact) mass is 286 g/mol. The van der Waals surface area contributed by atoms with E-state index in [2.05, 4.69) is 42.8 Å². The van der Waals surface area contributed by atoms with Gasteiger partial charge in [-0.1, -0.05) is 70.4 Å². The summed E-state index contributed by atoms with van der Waals surface area (Å²) in [4.78, 5) is 4.74. The van der Waals surface area contributed by atoms with E-state index in [0.717, 1.165) is 11.9 Å². The van der Waals surface area contributed by atoms with Gasteiger partial charge >= 0.3 is 0 Å². The Kier molecular flexibility index (Phi) is 6.78. The van der Waals surface area contributed by atoms with Crippen molar-refractivity contribution in [2.75, 3.05) is 0 Å². The van der Waals surface area contributed by atoms with Crippen LogP contribution in [-0.4, -0.2) is 9.55 Å². The number of unbranched alkanes of at least 4 members (excludes halogenated alkanes) is 8. The fraction of sp³-hybridized carbons (Fsp3) is 0.632. The van der Waals surface area contributed by atoms with Gasteiger partial charge in [0.15, 0.2) is 0 Å². The SMILES string of the molecule is CCCCCCCCCCCc1nc2ccccc2n1C. The fourth-order valence-electron chi connectivity index (χ4n) is 3.01. The first-order chi connectivity index (χ1) is 10.3. The third-order valence-electron chi connectivity index (χ3n) is 4.38. The summed E-state index contributed by atoms with van der Waals surface area (Å²) in [5.74, 6) is 1.24. The van der Waals surface area contributed by atoms with Gasteiger partial charge in [0.25, 0.3) is 0 Å². The first kappa shape index (κ1) is 16.1. The Hall–Kier alpha value is -1.31. The highest BCUT2D eigenvalue weighted by molar-refractivity contribution is 5.75. The van der Waals surface area contributed by atoms with Crippen LogP contribution in [-0.2, 0) is 13.5 Å². The predicted octanol–water partition coefficient (Wildman–Crippen LogP) is 5.65. The molecule has 0 aliphatic rings. The quantitative estimate of drug-likeness (QED) is 0.516. The van der Waals surface area contributed by atoms with Gasteiger partial charge in [0.05, 0.1) is 11.0 Å². The van der Waals surface area contributed by atoms with Crippen molar-refractivity contribution in [2.45, 2.75) is 71.1 Å². The zero-order valence-corrected chi connectivity index (χ0v) is 13.8.